The van der Waals surface area contributed by atoms with Crippen molar-refractivity contribution in [1.82, 2.24) is 5.32 Å². The lowest BCUT2D eigenvalue weighted by molar-refractivity contribution is -0.104. The summed E-state index contributed by atoms with van der Waals surface area (Å²) in [5.41, 5.74) is 1.53. The number of carboxylic acids is 1. The van der Waals surface area contributed by atoms with Crippen molar-refractivity contribution in [3.8, 4) is 5.75 Å². The van der Waals surface area contributed by atoms with Crippen LogP contribution in [0.3, 0.4) is 0 Å². The molecule has 2 N–H and O–H groups in total. The molecule has 2 rings (SSSR count). The Morgan fingerprint density at radius 3 is 2.58 bits per heavy atom. The number of aromatic carboxylic acids is 1. The standard InChI is InChI=1S/C14H13NO4/c1-9-11(8-16)4-7-13(15-9)19-12-5-2-10(3-6-12)14(17)18/h2-8,13,15H,1H3,(H,17,18). The SMILES string of the molecule is CC1=C(C=O)C=CC(Oc2ccc(C(=O)O)cc2)N1. The summed E-state index contributed by atoms with van der Waals surface area (Å²) in [6.07, 6.45) is 3.81. The molecule has 1 atom stereocenters. The molecule has 0 radical (unpaired) electrons. The van der Waals surface area contributed by atoms with Gasteiger partial charge in [-0.25, -0.2) is 4.79 Å². The molecule has 0 amide bonds. The zero-order valence-electron chi connectivity index (χ0n) is 10.3. The second kappa shape index (κ2) is 5.39. The molecule has 5 nitrogen and oxygen atoms in total. The second-order valence-electron chi connectivity index (χ2n) is 4.07. The molecule has 1 aliphatic rings. The highest BCUT2D eigenvalue weighted by molar-refractivity contribution is 5.87. The Hall–Kier alpha value is -2.56. The van der Waals surface area contributed by atoms with Crippen molar-refractivity contribution in [1.29, 1.82) is 0 Å². The van der Waals surface area contributed by atoms with Crippen LogP contribution in [0.2, 0.25) is 0 Å². The van der Waals surface area contributed by atoms with Crippen LogP contribution in [0.1, 0.15) is 17.3 Å². The summed E-state index contributed by atoms with van der Waals surface area (Å²) in [6, 6.07) is 6.13. The smallest absolute Gasteiger partial charge is 0.335 e. The number of benzene rings is 1. The van der Waals surface area contributed by atoms with Crippen LogP contribution in [-0.2, 0) is 4.79 Å². The summed E-state index contributed by atoms with van der Waals surface area (Å²) < 4.78 is 5.61. The topological polar surface area (TPSA) is 75.6 Å². The Labute approximate surface area is 110 Å². The number of dihydropyridines is 1. The van der Waals surface area contributed by atoms with Crippen LogP contribution in [0.4, 0.5) is 0 Å². The fraction of sp³-hybridized carbons (Fsp3) is 0.143. The predicted octanol–water partition coefficient (Wildman–Crippen LogP) is 1.72. The van der Waals surface area contributed by atoms with Gasteiger partial charge in [0.1, 0.15) is 5.75 Å². The Kier molecular flexibility index (Phi) is 3.66. The molecular weight excluding hydrogens is 246 g/mol. The predicted molar refractivity (Wildman–Crippen MR) is 68.9 cm³/mol. The molecule has 0 aliphatic carbocycles. The Balaban J connectivity index is 2.04. The first-order valence-electron chi connectivity index (χ1n) is 5.71. The lowest BCUT2D eigenvalue weighted by atomic mass is 10.1. The van der Waals surface area contributed by atoms with Crippen molar-refractivity contribution < 1.29 is 19.4 Å². The van der Waals surface area contributed by atoms with Crippen LogP contribution in [0.5, 0.6) is 5.75 Å². The highest BCUT2D eigenvalue weighted by atomic mass is 16.5. The number of hydrogen-bond donors (Lipinski definition) is 2. The molecule has 0 bridgehead atoms. The van der Waals surface area contributed by atoms with E-state index in [1.807, 2.05) is 0 Å². The van der Waals surface area contributed by atoms with E-state index in [2.05, 4.69) is 5.32 Å². The van der Waals surface area contributed by atoms with Crippen molar-refractivity contribution in [2.75, 3.05) is 0 Å². The van der Waals surface area contributed by atoms with Crippen LogP contribution >= 0.6 is 0 Å². The molecule has 0 spiro atoms. The zero-order valence-corrected chi connectivity index (χ0v) is 10.3. The number of hydrogen-bond acceptors (Lipinski definition) is 4. The molecule has 1 heterocycles. The average Bonchev–Trinajstić information content (AvgIpc) is 2.39. The highest BCUT2D eigenvalue weighted by Gasteiger charge is 2.13. The minimum Gasteiger partial charge on any atom is -0.478 e. The summed E-state index contributed by atoms with van der Waals surface area (Å²) in [5, 5.41) is 11.8. The number of nitrogens with one attached hydrogen (secondary N) is 1. The first-order chi connectivity index (χ1) is 9.10. The Bertz CT molecular complexity index is 557. The first-order valence-corrected chi connectivity index (χ1v) is 5.71. The third kappa shape index (κ3) is 3.01. The summed E-state index contributed by atoms with van der Waals surface area (Å²) >= 11 is 0. The maximum absolute atomic E-state index is 10.7. The van der Waals surface area contributed by atoms with Crippen molar-refractivity contribution in [3.05, 3.63) is 53.3 Å². The van der Waals surface area contributed by atoms with Gasteiger partial charge >= 0.3 is 5.97 Å². The van der Waals surface area contributed by atoms with Gasteiger partial charge in [-0.05, 0) is 43.3 Å². The number of carbonyl (C=O) groups excluding carboxylic acids is 1. The summed E-state index contributed by atoms with van der Waals surface area (Å²) in [6.45, 7) is 1.79. The van der Waals surface area contributed by atoms with Gasteiger partial charge in [0, 0.05) is 11.3 Å². The van der Waals surface area contributed by atoms with Crippen LogP contribution in [0.25, 0.3) is 0 Å². The zero-order chi connectivity index (χ0) is 13.8. The molecule has 1 aromatic carbocycles. The molecule has 1 aromatic rings. The van der Waals surface area contributed by atoms with Crippen LogP contribution < -0.4 is 10.1 Å². The van der Waals surface area contributed by atoms with Gasteiger partial charge in [0.25, 0.3) is 0 Å². The molecule has 0 saturated carbocycles. The molecule has 0 saturated heterocycles. The fourth-order valence-electron chi connectivity index (χ4n) is 1.68. The third-order valence-corrected chi connectivity index (χ3v) is 2.73. The molecule has 19 heavy (non-hydrogen) atoms. The van der Waals surface area contributed by atoms with Crippen molar-refractivity contribution >= 4 is 12.3 Å². The fourth-order valence-corrected chi connectivity index (χ4v) is 1.68. The third-order valence-electron chi connectivity index (χ3n) is 2.73. The van der Waals surface area contributed by atoms with Gasteiger partial charge in [-0.2, -0.15) is 0 Å². The number of rotatable bonds is 4. The van der Waals surface area contributed by atoms with E-state index >= 15 is 0 Å². The lowest BCUT2D eigenvalue weighted by Gasteiger charge is -2.22. The van der Waals surface area contributed by atoms with E-state index < -0.39 is 5.97 Å². The van der Waals surface area contributed by atoms with Crippen LogP contribution in [0, 0.1) is 0 Å². The molecule has 1 unspecified atom stereocenters. The minimum absolute atomic E-state index is 0.207. The van der Waals surface area contributed by atoms with Gasteiger partial charge in [-0.1, -0.05) is 0 Å². The van der Waals surface area contributed by atoms with E-state index in [9.17, 15) is 9.59 Å². The van der Waals surface area contributed by atoms with Gasteiger partial charge in [0.2, 0.25) is 0 Å². The molecule has 1 aliphatic heterocycles. The first kappa shape index (κ1) is 12.9. The van der Waals surface area contributed by atoms with E-state index in [1.165, 1.54) is 12.1 Å². The van der Waals surface area contributed by atoms with Crippen LogP contribution in [0.15, 0.2) is 47.7 Å². The van der Waals surface area contributed by atoms with Gasteiger partial charge in [0.15, 0.2) is 12.5 Å². The minimum atomic E-state index is -0.975. The Morgan fingerprint density at radius 1 is 1.37 bits per heavy atom. The van der Waals surface area contributed by atoms with E-state index in [-0.39, 0.29) is 11.8 Å². The summed E-state index contributed by atoms with van der Waals surface area (Å²) in [5.74, 6) is -0.425. The van der Waals surface area contributed by atoms with Crippen LogP contribution in [-0.4, -0.2) is 23.6 Å². The van der Waals surface area contributed by atoms with E-state index in [1.54, 1.807) is 31.2 Å². The van der Waals surface area contributed by atoms with Gasteiger partial charge < -0.3 is 15.2 Å². The van der Waals surface area contributed by atoms with E-state index in [0.717, 1.165) is 12.0 Å². The molecule has 5 heteroatoms. The largest absolute Gasteiger partial charge is 0.478 e. The monoisotopic (exact) mass is 259 g/mol. The maximum atomic E-state index is 10.7. The van der Waals surface area contributed by atoms with Crippen molar-refractivity contribution in [3.63, 3.8) is 0 Å². The van der Waals surface area contributed by atoms with E-state index in [4.69, 9.17) is 9.84 Å². The van der Waals surface area contributed by atoms with Crippen molar-refractivity contribution in [2.24, 2.45) is 0 Å². The molecule has 0 fully saturated rings. The van der Waals surface area contributed by atoms with Gasteiger partial charge in [0.05, 0.1) is 5.56 Å². The van der Waals surface area contributed by atoms with Crippen molar-refractivity contribution in [2.45, 2.75) is 13.2 Å². The summed E-state index contributed by atoms with van der Waals surface area (Å²) in [4.78, 5) is 21.4. The van der Waals surface area contributed by atoms with Gasteiger partial charge in [-0.3, -0.25) is 4.79 Å². The molecular formula is C14H13NO4. The number of allylic oxidation sites excluding steroid dienone is 3. The van der Waals surface area contributed by atoms with Gasteiger partial charge in [-0.15, -0.1) is 0 Å². The lowest BCUT2D eigenvalue weighted by Crippen LogP contribution is -2.34. The number of aldehydes is 1. The number of ether oxygens (including phenoxy) is 1. The van der Waals surface area contributed by atoms with E-state index in [0.29, 0.717) is 11.3 Å². The second-order valence-corrected chi connectivity index (χ2v) is 4.07. The normalized spacial score (nSPS) is 17.8. The molecule has 0 aromatic heterocycles. The Morgan fingerprint density at radius 2 is 2.05 bits per heavy atom. The number of carboxylic acid groups (broad SMARTS) is 1. The average molecular weight is 259 g/mol. The highest BCUT2D eigenvalue weighted by Crippen LogP contribution is 2.16. The quantitative estimate of drug-likeness (QED) is 0.805. The summed E-state index contributed by atoms with van der Waals surface area (Å²) in [7, 11) is 0. The maximum Gasteiger partial charge on any atom is 0.335 e. The molecule has 98 valence electrons. The number of carbonyl (C=O) groups is 2.